The second-order valence-corrected chi connectivity index (χ2v) is 2.30. The Bertz CT molecular complexity index is 285. The van der Waals surface area contributed by atoms with Gasteiger partial charge in [-0.3, -0.25) is 10.2 Å². The number of benzene rings is 1. The first-order valence-corrected chi connectivity index (χ1v) is 3.56. The fourth-order valence-electron chi connectivity index (χ4n) is 0.899. The summed E-state index contributed by atoms with van der Waals surface area (Å²) in [4.78, 5) is 11.0. The number of nitrogens with one attached hydrogen (secondary N) is 2. The van der Waals surface area contributed by atoms with Crippen LogP contribution in [-0.4, -0.2) is 13.0 Å². The minimum Gasteiger partial charge on any atom is -0.388 e. The van der Waals surface area contributed by atoms with Crippen LogP contribution in [0.5, 0.6) is 0 Å². The third-order valence-electron chi connectivity index (χ3n) is 1.54. The van der Waals surface area contributed by atoms with E-state index >= 15 is 0 Å². The topological polar surface area (TPSA) is 67.2 Å². The number of carbonyl (C=O) groups excluding carboxylic acids is 1. The van der Waals surface area contributed by atoms with Gasteiger partial charge in [-0.25, -0.2) is 5.84 Å². The van der Waals surface area contributed by atoms with Crippen LogP contribution >= 0.6 is 0 Å². The number of hydrogen-bond donors (Lipinski definition) is 3. The highest BCUT2D eigenvalue weighted by atomic mass is 16.2. The van der Waals surface area contributed by atoms with Gasteiger partial charge in [0.2, 0.25) is 0 Å². The van der Waals surface area contributed by atoms with Gasteiger partial charge in [0.05, 0.1) is 0 Å². The Balaban J connectivity index is 2.93. The Labute approximate surface area is 70.7 Å². The molecule has 0 spiro atoms. The summed E-state index contributed by atoms with van der Waals surface area (Å²) in [6, 6.07) is 7.08. The SMILES string of the molecule is CNc1cccc(C(=O)NN)c1. The molecule has 12 heavy (non-hydrogen) atoms. The Hall–Kier alpha value is -1.55. The van der Waals surface area contributed by atoms with Crippen LogP contribution in [0, 0.1) is 0 Å². The molecule has 0 unspecified atom stereocenters. The summed E-state index contributed by atoms with van der Waals surface area (Å²) in [5.74, 6) is 4.69. The summed E-state index contributed by atoms with van der Waals surface area (Å²) in [6.45, 7) is 0. The summed E-state index contributed by atoms with van der Waals surface area (Å²) in [5, 5.41) is 2.93. The molecule has 0 atom stereocenters. The van der Waals surface area contributed by atoms with E-state index in [2.05, 4.69) is 10.7 Å². The zero-order valence-electron chi connectivity index (χ0n) is 6.79. The van der Waals surface area contributed by atoms with Gasteiger partial charge in [0.25, 0.3) is 5.91 Å². The second kappa shape index (κ2) is 3.73. The molecule has 0 aliphatic carbocycles. The lowest BCUT2D eigenvalue weighted by Gasteiger charge is -2.02. The van der Waals surface area contributed by atoms with Crippen LogP contribution in [0.3, 0.4) is 0 Å². The van der Waals surface area contributed by atoms with Crippen molar-refractivity contribution in [3.05, 3.63) is 29.8 Å². The lowest BCUT2D eigenvalue weighted by Crippen LogP contribution is -2.29. The molecular formula is C8H11N3O. The first-order valence-electron chi connectivity index (χ1n) is 3.56. The van der Waals surface area contributed by atoms with Crippen LogP contribution in [0.15, 0.2) is 24.3 Å². The maximum Gasteiger partial charge on any atom is 0.265 e. The van der Waals surface area contributed by atoms with Crippen molar-refractivity contribution in [1.29, 1.82) is 0 Å². The molecule has 0 aromatic heterocycles. The number of hydrogen-bond acceptors (Lipinski definition) is 3. The van der Waals surface area contributed by atoms with Gasteiger partial charge in [-0.15, -0.1) is 0 Å². The highest BCUT2D eigenvalue weighted by Gasteiger charge is 2.01. The summed E-state index contributed by atoms with van der Waals surface area (Å²) in [7, 11) is 1.79. The van der Waals surface area contributed by atoms with Crippen molar-refractivity contribution in [2.45, 2.75) is 0 Å². The van der Waals surface area contributed by atoms with E-state index in [0.717, 1.165) is 5.69 Å². The average Bonchev–Trinajstić information content (AvgIpc) is 2.17. The van der Waals surface area contributed by atoms with Crippen molar-refractivity contribution in [3.8, 4) is 0 Å². The zero-order chi connectivity index (χ0) is 8.97. The maximum absolute atomic E-state index is 11.0. The van der Waals surface area contributed by atoms with Gasteiger partial charge in [0, 0.05) is 18.3 Å². The van der Waals surface area contributed by atoms with Crippen LogP contribution in [0.2, 0.25) is 0 Å². The molecule has 0 radical (unpaired) electrons. The number of anilines is 1. The average molecular weight is 165 g/mol. The monoisotopic (exact) mass is 165 g/mol. The Morgan fingerprint density at radius 2 is 2.25 bits per heavy atom. The summed E-state index contributed by atoms with van der Waals surface area (Å²) >= 11 is 0. The van der Waals surface area contributed by atoms with Crippen molar-refractivity contribution in [2.24, 2.45) is 5.84 Å². The van der Waals surface area contributed by atoms with E-state index < -0.39 is 0 Å². The fraction of sp³-hybridized carbons (Fsp3) is 0.125. The molecule has 1 aromatic rings. The molecule has 1 rings (SSSR count). The number of nitrogen functional groups attached to an aromatic ring is 1. The largest absolute Gasteiger partial charge is 0.388 e. The molecule has 0 bridgehead atoms. The number of carbonyl (C=O) groups is 1. The van der Waals surface area contributed by atoms with Gasteiger partial charge in [0.15, 0.2) is 0 Å². The smallest absolute Gasteiger partial charge is 0.265 e. The predicted molar refractivity (Wildman–Crippen MR) is 47.6 cm³/mol. The molecule has 4 nitrogen and oxygen atoms in total. The van der Waals surface area contributed by atoms with Gasteiger partial charge in [-0.2, -0.15) is 0 Å². The second-order valence-electron chi connectivity index (χ2n) is 2.30. The molecule has 0 saturated heterocycles. The summed E-state index contributed by atoms with van der Waals surface area (Å²) < 4.78 is 0. The molecular weight excluding hydrogens is 154 g/mol. The highest BCUT2D eigenvalue weighted by Crippen LogP contribution is 2.08. The minimum absolute atomic E-state index is 0.285. The third kappa shape index (κ3) is 1.73. The third-order valence-corrected chi connectivity index (χ3v) is 1.54. The Kier molecular flexibility index (Phi) is 2.66. The van der Waals surface area contributed by atoms with Gasteiger partial charge >= 0.3 is 0 Å². The van der Waals surface area contributed by atoms with Crippen molar-refractivity contribution in [3.63, 3.8) is 0 Å². The maximum atomic E-state index is 11.0. The van der Waals surface area contributed by atoms with Gasteiger partial charge in [-0.05, 0) is 18.2 Å². The number of hydrazine groups is 1. The number of amides is 1. The highest BCUT2D eigenvalue weighted by molar-refractivity contribution is 5.94. The molecule has 4 N–H and O–H groups in total. The minimum atomic E-state index is -0.285. The van der Waals surface area contributed by atoms with Crippen LogP contribution in [0.25, 0.3) is 0 Å². The molecule has 4 heteroatoms. The van der Waals surface area contributed by atoms with E-state index in [1.54, 1.807) is 25.2 Å². The Morgan fingerprint density at radius 3 is 2.83 bits per heavy atom. The molecule has 0 aliphatic heterocycles. The fourth-order valence-corrected chi connectivity index (χ4v) is 0.899. The predicted octanol–water partition coefficient (Wildman–Crippen LogP) is 0.332. The van der Waals surface area contributed by atoms with Crippen LogP contribution in [-0.2, 0) is 0 Å². The normalized spacial score (nSPS) is 9.17. The van der Waals surface area contributed by atoms with E-state index in [4.69, 9.17) is 5.84 Å². The van der Waals surface area contributed by atoms with E-state index in [-0.39, 0.29) is 5.91 Å². The molecule has 0 heterocycles. The van der Waals surface area contributed by atoms with Gasteiger partial charge in [-0.1, -0.05) is 6.07 Å². The lowest BCUT2D eigenvalue weighted by atomic mass is 10.2. The van der Waals surface area contributed by atoms with Crippen molar-refractivity contribution < 1.29 is 4.79 Å². The summed E-state index contributed by atoms with van der Waals surface area (Å²) in [6.07, 6.45) is 0. The summed E-state index contributed by atoms with van der Waals surface area (Å²) in [5.41, 5.74) is 3.50. The first kappa shape index (κ1) is 8.55. The molecule has 0 aliphatic rings. The zero-order valence-corrected chi connectivity index (χ0v) is 6.79. The van der Waals surface area contributed by atoms with Crippen LogP contribution in [0.1, 0.15) is 10.4 Å². The van der Waals surface area contributed by atoms with Crippen LogP contribution in [0.4, 0.5) is 5.69 Å². The van der Waals surface area contributed by atoms with Crippen molar-refractivity contribution >= 4 is 11.6 Å². The number of rotatable bonds is 2. The molecule has 1 aromatic carbocycles. The number of nitrogens with two attached hydrogens (primary N) is 1. The molecule has 64 valence electrons. The van der Waals surface area contributed by atoms with Gasteiger partial charge in [0.1, 0.15) is 0 Å². The Morgan fingerprint density at radius 1 is 1.50 bits per heavy atom. The molecule has 1 amide bonds. The van der Waals surface area contributed by atoms with Crippen LogP contribution < -0.4 is 16.6 Å². The van der Waals surface area contributed by atoms with Crippen molar-refractivity contribution in [2.75, 3.05) is 12.4 Å². The van der Waals surface area contributed by atoms with E-state index in [1.807, 2.05) is 6.07 Å². The first-order chi connectivity index (χ1) is 5.77. The lowest BCUT2D eigenvalue weighted by molar-refractivity contribution is 0.0953. The van der Waals surface area contributed by atoms with E-state index in [1.165, 1.54) is 0 Å². The molecule has 0 fully saturated rings. The quantitative estimate of drug-likeness (QED) is 0.336. The standard InChI is InChI=1S/C8H11N3O/c1-10-7-4-2-3-6(5-7)8(12)11-9/h2-5,10H,9H2,1H3,(H,11,12). The molecule has 0 saturated carbocycles. The van der Waals surface area contributed by atoms with Gasteiger partial charge < -0.3 is 5.32 Å². The van der Waals surface area contributed by atoms with Crippen molar-refractivity contribution in [1.82, 2.24) is 5.43 Å². The van der Waals surface area contributed by atoms with E-state index in [0.29, 0.717) is 5.56 Å². The van der Waals surface area contributed by atoms with E-state index in [9.17, 15) is 4.79 Å².